The van der Waals surface area contributed by atoms with Gasteiger partial charge in [-0.3, -0.25) is 14.5 Å². The summed E-state index contributed by atoms with van der Waals surface area (Å²) in [6, 6.07) is 10.7. The molecular formula is C23H17ClN2O6. The highest BCUT2D eigenvalue weighted by atomic mass is 35.5. The van der Waals surface area contributed by atoms with Gasteiger partial charge < -0.3 is 18.4 Å². The first-order valence-electron chi connectivity index (χ1n) is 9.68. The van der Waals surface area contributed by atoms with Gasteiger partial charge in [-0.15, -0.1) is 0 Å². The topological polar surface area (TPSA) is 95.0 Å². The second-order valence-corrected chi connectivity index (χ2v) is 7.71. The predicted molar refractivity (Wildman–Crippen MR) is 117 cm³/mol. The Kier molecular flexibility index (Phi) is 4.67. The highest BCUT2D eigenvalue weighted by Gasteiger charge is 2.46. The molecule has 0 N–H and O–H groups in total. The van der Waals surface area contributed by atoms with Crippen molar-refractivity contribution in [3.8, 4) is 11.5 Å². The van der Waals surface area contributed by atoms with Gasteiger partial charge in [0.05, 0.1) is 25.2 Å². The van der Waals surface area contributed by atoms with E-state index in [4.69, 9.17) is 30.0 Å². The lowest BCUT2D eigenvalue weighted by atomic mass is 9.97. The third-order valence-corrected chi connectivity index (χ3v) is 5.66. The average molecular weight is 453 g/mol. The number of halogens is 1. The minimum Gasteiger partial charge on any atom is -0.493 e. The van der Waals surface area contributed by atoms with Crippen molar-refractivity contribution in [1.29, 1.82) is 0 Å². The molecule has 2 aromatic carbocycles. The van der Waals surface area contributed by atoms with Crippen molar-refractivity contribution in [2.75, 3.05) is 19.1 Å². The van der Waals surface area contributed by atoms with Gasteiger partial charge in [-0.25, -0.2) is 0 Å². The summed E-state index contributed by atoms with van der Waals surface area (Å²) in [5.74, 6) is 1.01. The van der Waals surface area contributed by atoms with Crippen LogP contribution in [0, 0.1) is 6.92 Å². The standard InChI is InChI=1S/C23H17ClN2O6/c1-11-9-17(25-32-11)26-19(13-5-4-6-16(29-2)21(13)30-3)18-20(27)14-10-12(24)7-8-15(14)31-22(18)23(26)28/h4-10,19H,1-3H3/t19-/m0/s1. The number of carbonyl (C=O) groups is 1. The third kappa shape index (κ3) is 2.87. The van der Waals surface area contributed by atoms with Crippen LogP contribution in [0.5, 0.6) is 11.5 Å². The molecule has 0 aliphatic carbocycles. The van der Waals surface area contributed by atoms with E-state index in [1.165, 1.54) is 25.2 Å². The number of anilines is 1. The van der Waals surface area contributed by atoms with E-state index in [-0.39, 0.29) is 33.5 Å². The van der Waals surface area contributed by atoms with Crippen molar-refractivity contribution in [2.24, 2.45) is 0 Å². The first-order valence-corrected chi connectivity index (χ1v) is 10.1. The largest absolute Gasteiger partial charge is 0.493 e. The van der Waals surface area contributed by atoms with Crippen molar-refractivity contribution in [2.45, 2.75) is 13.0 Å². The number of nitrogens with zero attached hydrogens (tertiary/aromatic N) is 2. The third-order valence-electron chi connectivity index (χ3n) is 5.42. The molecule has 5 rings (SSSR count). The van der Waals surface area contributed by atoms with Crippen LogP contribution in [0.25, 0.3) is 11.0 Å². The lowest BCUT2D eigenvalue weighted by Gasteiger charge is -2.24. The van der Waals surface area contributed by atoms with Crippen molar-refractivity contribution in [3.05, 3.63) is 80.4 Å². The number of hydrogen-bond donors (Lipinski definition) is 0. The molecule has 0 bridgehead atoms. The molecule has 8 nitrogen and oxygen atoms in total. The molecule has 0 saturated heterocycles. The normalized spacial score (nSPS) is 15.3. The van der Waals surface area contributed by atoms with Gasteiger partial charge in [-0.05, 0) is 31.2 Å². The van der Waals surface area contributed by atoms with Gasteiger partial charge >= 0.3 is 0 Å². The number of aromatic nitrogens is 1. The van der Waals surface area contributed by atoms with Crippen LogP contribution in [0.3, 0.4) is 0 Å². The zero-order valence-corrected chi connectivity index (χ0v) is 18.1. The van der Waals surface area contributed by atoms with Crippen LogP contribution in [-0.4, -0.2) is 25.3 Å². The van der Waals surface area contributed by atoms with Gasteiger partial charge in [0.1, 0.15) is 17.4 Å². The van der Waals surface area contributed by atoms with Crippen LogP contribution in [0.2, 0.25) is 5.02 Å². The summed E-state index contributed by atoms with van der Waals surface area (Å²) in [4.78, 5) is 28.5. The average Bonchev–Trinajstić information content (AvgIpc) is 3.34. The van der Waals surface area contributed by atoms with Crippen molar-refractivity contribution < 1.29 is 23.2 Å². The Morgan fingerprint density at radius 2 is 1.91 bits per heavy atom. The molecule has 1 aliphatic heterocycles. The molecule has 162 valence electrons. The van der Waals surface area contributed by atoms with E-state index in [9.17, 15) is 9.59 Å². The number of hydrogen-bond acceptors (Lipinski definition) is 7. The summed E-state index contributed by atoms with van der Waals surface area (Å²) in [5.41, 5.74) is 0.598. The maximum Gasteiger partial charge on any atom is 0.296 e. The molecule has 0 radical (unpaired) electrons. The summed E-state index contributed by atoms with van der Waals surface area (Å²) >= 11 is 6.12. The van der Waals surface area contributed by atoms with Gasteiger partial charge in [0.25, 0.3) is 5.91 Å². The van der Waals surface area contributed by atoms with Crippen molar-refractivity contribution in [3.63, 3.8) is 0 Å². The number of rotatable bonds is 4. The van der Waals surface area contributed by atoms with Crippen LogP contribution < -0.4 is 19.8 Å². The highest BCUT2D eigenvalue weighted by molar-refractivity contribution is 6.31. The van der Waals surface area contributed by atoms with E-state index >= 15 is 0 Å². The first-order chi connectivity index (χ1) is 15.4. The molecule has 0 unspecified atom stereocenters. The molecule has 0 saturated carbocycles. The first kappa shape index (κ1) is 20.1. The van der Waals surface area contributed by atoms with Crippen LogP contribution in [-0.2, 0) is 0 Å². The number of methoxy groups -OCH3 is 2. The lowest BCUT2D eigenvalue weighted by Crippen LogP contribution is -2.30. The van der Waals surface area contributed by atoms with E-state index in [2.05, 4.69) is 5.16 Å². The predicted octanol–water partition coefficient (Wildman–Crippen LogP) is 4.51. The molecule has 0 fully saturated rings. The van der Waals surface area contributed by atoms with Gasteiger partial charge in [0, 0.05) is 16.7 Å². The summed E-state index contributed by atoms with van der Waals surface area (Å²) in [6.45, 7) is 1.71. The molecule has 0 spiro atoms. The highest BCUT2D eigenvalue weighted by Crippen LogP contribution is 2.46. The fourth-order valence-corrected chi connectivity index (χ4v) is 4.24. The Bertz CT molecular complexity index is 1440. The molecule has 3 heterocycles. The Labute approximate surface area is 186 Å². The zero-order chi connectivity index (χ0) is 22.6. The summed E-state index contributed by atoms with van der Waals surface area (Å²) < 4.78 is 22.2. The van der Waals surface area contributed by atoms with E-state index in [1.807, 2.05) is 0 Å². The van der Waals surface area contributed by atoms with Crippen LogP contribution in [0.1, 0.15) is 33.5 Å². The van der Waals surface area contributed by atoms with E-state index in [1.54, 1.807) is 43.3 Å². The minimum atomic E-state index is -0.883. The van der Waals surface area contributed by atoms with E-state index in [0.29, 0.717) is 27.8 Å². The quantitative estimate of drug-likeness (QED) is 0.449. The number of benzene rings is 2. The monoisotopic (exact) mass is 452 g/mol. The Balaban J connectivity index is 1.86. The second kappa shape index (κ2) is 7.42. The van der Waals surface area contributed by atoms with Gasteiger partial charge in [-0.1, -0.05) is 28.9 Å². The molecule has 4 aromatic rings. The maximum absolute atomic E-state index is 13.6. The molecule has 1 atom stereocenters. The molecule has 32 heavy (non-hydrogen) atoms. The summed E-state index contributed by atoms with van der Waals surface area (Å²) in [6.07, 6.45) is 0. The summed E-state index contributed by atoms with van der Waals surface area (Å²) in [7, 11) is 3.00. The number of fused-ring (bicyclic) bond motifs is 2. The Morgan fingerprint density at radius 3 is 2.59 bits per heavy atom. The molecule has 1 amide bonds. The van der Waals surface area contributed by atoms with Gasteiger partial charge in [-0.2, -0.15) is 0 Å². The van der Waals surface area contributed by atoms with Crippen molar-refractivity contribution >= 4 is 34.3 Å². The minimum absolute atomic E-state index is 0.0691. The van der Waals surface area contributed by atoms with E-state index in [0.717, 1.165) is 0 Å². The van der Waals surface area contributed by atoms with Crippen molar-refractivity contribution in [1.82, 2.24) is 5.16 Å². The number of ether oxygens (including phenoxy) is 2. The number of aryl methyl sites for hydroxylation is 1. The SMILES string of the molecule is COc1cccc([C@H]2c3c(oc4ccc(Cl)cc4c3=O)C(=O)N2c2cc(C)on2)c1OC. The van der Waals surface area contributed by atoms with Crippen LogP contribution in [0.15, 0.2) is 56.2 Å². The smallest absolute Gasteiger partial charge is 0.296 e. The van der Waals surface area contributed by atoms with Crippen LogP contribution >= 0.6 is 11.6 Å². The molecule has 9 heteroatoms. The molecule has 2 aromatic heterocycles. The number of carbonyl (C=O) groups excluding carboxylic acids is 1. The Morgan fingerprint density at radius 1 is 1.09 bits per heavy atom. The fourth-order valence-electron chi connectivity index (χ4n) is 4.07. The molecular weight excluding hydrogens is 436 g/mol. The number of amides is 1. The second-order valence-electron chi connectivity index (χ2n) is 7.27. The number of para-hydroxylation sites is 1. The van der Waals surface area contributed by atoms with E-state index < -0.39 is 11.9 Å². The fraction of sp³-hybridized carbons (Fsp3) is 0.174. The van der Waals surface area contributed by atoms with Gasteiger partial charge in [0.2, 0.25) is 5.76 Å². The van der Waals surface area contributed by atoms with Crippen LogP contribution in [0.4, 0.5) is 5.82 Å². The Hall–Kier alpha value is -3.78. The zero-order valence-electron chi connectivity index (χ0n) is 17.3. The van der Waals surface area contributed by atoms with Gasteiger partial charge in [0.15, 0.2) is 22.7 Å². The summed E-state index contributed by atoms with van der Waals surface area (Å²) in [5, 5.41) is 4.67. The maximum atomic E-state index is 13.6. The molecule has 1 aliphatic rings. The lowest BCUT2D eigenvalue weighted by molar-refractivity contribution is 0.0969.